The number of hydrogen-bond acceptors (Lipinski definition) is 6. The van der Waals surface area contributed by atoms with E-state index in [1.165, 1.54) is 22.7 Å². The Kier molecular flexibility index (Phi) is 5.79. The van der Waals surface area contributed by atoms with Crippen molar-refractivity contribution in [3.63, 3.8) is 0 Å². The maximum atomic E-state index is 12.7. The van der Waals surface area contributed by atoms with Crippen LogP contribution in [0.15, 0.2) is 72.8 Å². The van der Waals surface area contributed by atoms with Crippen molar-refractivity contribution < 1.29 is 19.1 Å². The van der Waals surface area contributed by atoms with Crippen LogP contribution in [0.1, 0.15) is 30.5 Å². The van der Waals surface area contributed by atoms with Crippen molar-refractivity contribution in [1.82, 2.24) is 0 Å². The zero-order chi connectivity index (χ0) is 21.1. The fourth-order valence-corrected chi connectivity index (χ4v) is 4.98. The topological polar surface area (TPSA) is 52.6 Å². The van der Waals surface area contributed by atoms with Crippen LogP contribution in [0.25, 0.3) is 9.75 Å². The highest BCUT2D eigenvalue weighted by molar-refractivity contribution is 7.24. The van der Waals surface area contributed by atoms with E-state index in [9.17, 15) is 9.59 Å². The Morgan fingerprint density at radius 1 is 0.567 bits per heavy atom. The molecule has 0 unspecified atom stereocenters. The zero-order valence-corrected chi connectivity index (χ0v) is 18.0. The summed E-state index contributed by atoms with van der Waals surface area (Å²) >= 11 is 2.85. The van der Waals surface area contributed by atoms with Gasteiger partial charge in [0.05, 0.1) is 24.0 Å². The van der Waals surface area contributed by atoms with E-state index in [4.69, 9.17) is 9.47 Å². The van der Waals surface area contributed by atoms with Crippen molar-refractivity contribution in [1.29, 1.82) is 0 Å². The average molecular weight is 435 g/mol. The van der Waals surface area contributed by atoms with Gasteiger partial charge in [-0.05, 0) is 72.8 Å². The van der Waals surface area contributed by atoms with Gasteiger partial charge in [0.2, 0.25) is 11.6 Å². The Morgan fingerprint density at radius 2 is 0.933 bits per heavy atom. The van der Waals surface area contributed by atoms with Crippen molar-refractivity contribution in [2.75, 3.05) is 14.2 Å². The summed E-state index contributed by atoms with van der Waals surface area (Å²) in [6.07, 6.45) is 0. The molecule has 2 aromatic carbocycles. The van der Waals surface area contributed by atoms with Crippen LogP contribution >= 0.6 is 22.7 Å². The highest BCUT2D eigenvalue weighted by atomic mass is 32.1. The van der Waals surface area contributed by atoms with E-state index in [0.717, 1.165) is 9.75 Å². The molecule has 0 saturated carbocycles. The van der Waals surface area contributed by atoms with Crippen molar-refractivity contribution in [3.05, 3.63) is 93.7 Å². The molecular formula is C24H18O4S2. The van der Waals surface area contributed by atoms with Gasteiger partial charge in [0.1, 0.15) is 11.5 Å². The summed E-state index contributed by atoms with van der Waals surface area (Å²) in [6.45, 7) is 0. The maximum absolute atomic E-state index is 12.7. The van der Waals surface area contributed by atoms with E-state index in [1.54, 1.807) is 62.8 Å². The second kappa shape index (κ2) is 8.65. The number of rotatable bonds is 7. The number of ether oxygens (including phenoxy) is 2. The molecule has 0 spiro atoms. The highest BCUT2D eigenvalue weighted by Crippen LogP contribution is 2.35. The number of ketones is 2. The molecule has 30 heavy (non-hydrogen) atoms. The van der Waals surface area contributed by atoms with Crippen molar-refractivity contribution in [2.24, 2.45) is 0 Å². The normalized spacial score (nSPS) is 10.6. The molecule has 0 radical (unpaired) electrons. The molecular weight excluding hydrogens is 416 g/mol. The van der Waals surface area contributed by atoms with E-state index < -0.39 is 0 Å². The Morgan fingerprint density at radius 3 is 1.27 bits per heavy atom. The second-order valence-electron chi connectivity index (χ2n) is 6.44. The lowest BCUT2D eigenvalue weighted by Gasteiger charge is -2.01. The summed E-state index contributed by atoms with van der Waals surface area (Å²) < 4.78 is 10.3. The first-order valence-corrected chi connectivity index (χ1v) is 10.8. The summed E-state index contributed by atoms with van der Waals surface area (Å²) in [6, 6.07) is 21.7. The molecule has 0 fully saturated rings. The lowest BCUT2D eigenvalue weighted by Crippen LogP contribution is -1.98. The second-order valence-corrected chi connectivity index (χ2v) is 8.61. The summed E-state index contributed by atoms with van der Waals surface area (Å²) in [5.41, 5.74) is 1.23. The average Bonchev–Trinajstić information content (AvgIpc) is 3.48. The Bertz CT molecular complexity index is 1090. The van der Waals surface area contributed by atoms with Crippen molar-refractivity contribution >= 4 is 34.2 Å². The van der Waals surface area contributed by atoms with Crippen LogP contribution in [0, 0.1) is 0 Å². The molecule has 0 saturated heterocycles. The molecule has 2 aromatic heterocycles. The van der Waals surface area contributed by atoms with Crippen LogP contribution < -0.4 is 9.47 Å². The molecule has 0 amide bonds. The largest absolute Gasteiger partial charge is 0.497 e. The van der Waals surface area contributed by atoms with Crippen LogP contribution in [0.5, 0.6) is 11.5 Å². The van der Waals surface area contributed by atoms with Gasteiger partial charge in [-0.15, -0.1) is 22.7 Å². The first-order chi connectivity index (χ1) is 14.6. The van der Waals surface area contributed by atoms with Gasteiger partial charge in [-0.1, -0.05) is 0 Å². The predicted octanol–water partition coefficient (Wildman–Crippen LogP) is 5.96. The summed E-state index contributed by atoms with van der Waals surface area (Å²) in [7, 11) is 3.19. The quantitative estimate of drug-likeness (QED) is 0.337. The van der Waals surface area contributed by atoms with Crippen LogP contribution in [-0.2, 0) is 0 Å². The standard InChI is InChI=1S/C24H18O4S2/c1-27-17-7-3-15(4-8-17)23(25)21-13-11-19(29-21)20-12-14-22(30-20)24(26)16-5-9-18(28-2)10-6-16/h3-14H,1-2H3. The summed E-state index contributed by atoms with van der Waals surface area (Å²) in [4.78, 5) is 28.7. The molecule has 0 aliphatic heterocycles. The van der Waals surface area contributed by atoms with E-state index >= 15 is 0 Å². The first-order valence-electron chi connectivity index (χ1n) is 9.16. The molecule has 0 bridgehead atoms. The van der Waals surface area contributed by atoms with Crippen LogP contribution in [0.4, 0.5) is 0 Å². The Labute approximate surface area is 182 Å². The fourth-order valence-electron chi connectivity index (χ4n) is 2.95. The van der Waals surface area contributed by atoms with Crippen LogP contribution in [0.3, 0.4) is 0 Å². The number of hydrogen-bond donors (Lipinski definition) is 0. The molecule has 4 rings (SSSR count). The Balaban J connectivity index is 1.53. The zero-order valence-electron chi connectivity index (χ0n) is 16.4. The summed E-state index contributed by atoms with van der Waals surface area (Å²) in [5, 5.41) is 0. The lowest BCUT2D eigenvalue weighted by molar-refractivity contribution is 0.103. The summed E-state index contributed by atoms with van der Waals surface area (Å²) in [5.74, 6) is 1.37. The number of methoxy groups -OCH3 is 2. The predicted molar refractivity (Wildman–Crippen MR) is 120 cm³/mol. The van der Waals surface area contributed by atoms with Crippen molar-refractivity contribution in [2.45, 2.75) is 0 Å². The third-order valence-corrected chi connectivity index (χ3v) is 6.97. The van der Waals surface area contributed by atoms with Gasteiger partial charge >= 0.3 is 0 Å². The molecule has 2 heterocycles. The maximum Gasteiger partial charge on any atom is 0.202 e. The fraction of sp³-hybridized carbons (Fsp3) is 0.0833. The van der Waals surface area contributed by atoms with Crippen LogP contribution in [0.2, 0.25) is 0 Å². The van der Waals surface area contributed by atoms with Gasteiger partial charge in [-0.3, -0.25) is 9.59 Å². The van der Waals surface area contributed by atoms with Crippen molar-refractivity contribution in [3.8, 4) is 21.3 Å². The third kappa shape index (κ3) is 4.06. The molecule has 6 heteroatoms. The molecule has 4 nitrogen and oxygen atoms in total. The minimum Gasteiger partial charge on any atom is -0.497 e. The highest BCUT2D eigenvalue weighted by Gasteiger charge is 2.16. The number of thiophene rings is 2. The van der Waals surface area contributed by atoms with E-state index in [-0.39, 0.29) is 11.6 Å². The number of carbonyl (C=O) groups excluding carboxylic acids is 2. The number of carbonyl (C=O) groups is 2. The SMILES string of the molecule is COc1ccc(C(=O)c2ccc(-c3ccc(C(=O)c4ccc(OC)cc4)s3)s2)cc1. The van der Waals surface area contributed by atoms with Gasteiger partial charge in [-0.2, -0.15) is 0 Å². The van der Waals surface area contributed by atoms with E-state index in [2.05, 4.69) is 0 Å². The first kappa shape index (κ1) is 20.1. The molecule has 4 aromatic rings. The minimum absolute atomic E-state index is 0.0278. The Hall–Kier alpha value is -3.22. The molecule has 0 aliphatic rings. The van der Waals surface area contributed by atoms with Gasteiger partial charge in [-0.25, -0.2) is 0 Å². The third-order valence-electron chi connectivity index (χ3n) is 4.61. The lowest BCUT2D eigenvalue weighted by atomic mass is 10.1. The molecule has 0 N–H and O–H groups in total. The molecule has 0 aliphatic carbocycles. The molecule has 150 valence electrons. The monoisotopic (exact) mass is 434 g/mol. The van der Waals surface area contributed by atoms with Crippen LogP contribution in [-0.4, -0.2) is 25.8 Å². The van der Waals surface area contributed by atoms with Gasteiger partial charge in [0.25, 0.3) is 0 Å². The van der Waals surface area contributed by atoms with Gasteiger partial charge in [0, 0.05) is 20.9 Å². The van der Waals surface area contributed by atoms with E-state index in [1.807, 2.05) is 24.3 Å². The minimum atomic E-state index is -0.0278. The number of benzene rings is 2. The van der Waals surface area contributed by atoms with E-state index in [0.29, 0.717) is 32.4 Å². The molecule has 0 atom stereocenters. The van der Waals surface area contributed by atoms with Gasteiger partial charge < -0.3 is 9.47 Å². The van der Waals surface area contributed by atoms with Gasteiger partial charge in [0.15, 0.2) is 0 Å². The smallest absolute Gasteiger partial charge is 0.202 e.